The number of carbonyl (C=O) groups is 1. The molecule has 0 atom stereocenters. The Balaban J connectivity index is 1.77. The molecular formula is C20H20FN3O2S. The molecule has 1 heterocycles. The van der Waals surface area contributed by atoms with Gasteiger partial charge in [-0.2, -0.15) is 0 Å². The van der Waals surface area contributed by atoms with Crippen LogP contribution in [0, 0.1) is 11.7 Å². The fourth-order valence-corrected chi connectivity index (χ4v) is 3.32. The van der Waals surface area contributed by atoms with Crippen molar-refractivity contribution in [2.75, 3.05) is 18.1 Å². The van der Waals surface area contributed by atoms with Crippen molar-refractivity contribution in [3.8, 4) is 16.3 Å². The van der Waals surface area contributed by atoms with Crippen molar-refractivity contribution in [3.63, 3.8) is 0 Å². The number of rotatable bonds is 7. The minimum Gasteiger partial charge on any atom is -0.484 e. The summed E-state index contributed by atoms with van der Waals surface area (Å²) in [4.78, 5) is 14.3. The molecule has 0 saturated carbocycles. The molecule has 0 fully saturated rings. The molecule has 5 nitrogen and oxygen atoms in total. The van der Waals surface area contributed by atoms with E-state index in [1.165, 1.54) is 23.5 Å². The number of nitrogens with zero attached hydrogens (tertiary/aromatic N) is 3. The van der Waals surface area contributed by atoms with Gasteiger partial charge < -0.3 is 4.74 Å². The van der Waals surface area contributed by atoms with E-state index in [0.717, 1.165) is 0 Å². The topological polar surface area (TPSA) is 55.3 Å². The molecule has 140 valence electrons. The van der Waals surface area contributed by atoms with Gasteiger partial charge in [-0.3, -0.25) is 9.69 Å². The molecular weight excluding hydrogens is 365 g/mol. The maximum Gasteiger partial charge on any atom is 0.266 e. The zero-order valence-corrected chi connectivity index (χ0v) is 15.9. The van der Waals surface area contributed by atoms with Crippen molar-refractivity contribution in [1.82, 2.24) is 10.2 Å². The first-order valence-electron chi connectivity index (χ1n) is 8.60. The largest absolute Gasteiger partial charge is 0.484 e. The SMILES string of the molecule is CC(C)CN(C(=O)COc1ccccc1)c1nnc(-c2cccc(F)c2)s1. The average molecular weight is 385 g/mol. The van der Waals surface area contributed by atoms with E-state index in [9.17, 15) is 9.18 Å². The second-order valence-electron chi connectivity index (χ2n) is 6.40. The Morgan fingerprint density at radius 2 is 1.93 bits per heavy atom. The normalized spacial score (nSPS) is 10.8. The van der Waals surface area contributed by atoms with Crippen molar-refractivity contribution in [2.45, 2.75) is 13.8 Å². The van der Waals surface area contributed by atoms with E-state index >= 15 is 0 Å². The van der Waals surface area contributed by atoms with Crippen LogP contribution in [0.15, 0.2) is 54.6 Å². The van der Waals surface area contributed by atoms with Gasteiger partial charge >= 0.3 is 0 Å². The molecule has 3 aromatic rings. The van der Waals surface area contributed by atoms with Crippen LogP contribution in [0.5, 0.6) is 5.75 Å². The van der Waals surface area contributed by atoms with Crippen LogP contribution in [0.4, 0.5) is 9.52 Å². The quantitative estimate of drug-likeness (QED) is 0.604. The number of carbonyl (C=O) groups excluding carboxylic acids is 1. The van der Waals surface area contributed by atoms with Gasteiger partial charge in [-0.25, -0.2) is 4.39 Å². The van der Waals surface area contributed by atoms with Gasteiger partial charge in [-0.05, 0) is 30.2 Å². The predicted molar refractivity (Wildman–Crippen MR) is 104 cm³/mol. The molecule has 0 radical (unpaired) electrons. The average Bonchev–Trinajstić information content (AvgIpc) is 3.15. The number of amides is 1. The lowest BCUT2D eigenvalue weighted by Crippen LogP contribution is -2.37. The van der Waals surface area contributed by atoms with Crippen LogP contribution in [0.3, 0.4) is 0 Å². The second kappa shape index (κ2) is 8.73. The van der Waals surface area contributed by atoms with E-state index in [1.54, 1.807) is 29.2 Å². The first kappa shape index (κ1) is 19.0. The summed E-state index contributed by atoms with van der Waals surface area (Å²) in [7, 11) is 0. The maximum absolute atomic E-state index is 13.5. The highest BCUT2D eigenvalue weighted by atomic mass is 32.1. The summed E-state index contributed by atoms with van der Waals surface area (Å²) in [5.74, 6) is 0.338. The Kier molecular flexibility index (Phi) is 6.13. The highest BCUT2D eigenvalue weighted by Crippen LogP contribution is 2.29. The summed E-state index contributed by atoms with van der Waals surface area (Å²) < 4.78 is 19.0. The minimum atomic E-state index is -0.337. The number of hydrogen-bond donors (Lipinski definition) is 0. The molecule has 0 spiro atoms. The lowest BCUT2D eigenvalue weighted by Gasteiger charge is -2.21. The van der Waals surface area contributed by atoms with Crippen LogP contribution in [0.2, 0.25) is 0 Å². The van der Waals surface area contributed by atoms with Crippen LogP contribution >= 0.6 is 11.3 Å². The molecule has 0 N–H and O–H groups in total. The van der Waals surface area contributed by atoms with Gasteiger partial charge in [-0.1, -0.05) is 55.5 Å². The molecule has 2 aromatic carbocycles. The number of hydrogen-bond acceptors (Lipinski definition) is 5. The number of aromatic nitrogens is 2. The third-order valence-corrected chi connectivity index (χ3v) is 4.67. The molecule has 0 aliphatic heterocycles. The lowest BCUT2D eigenvalue weighted by atomic mass is 10.2. The Bertz CT molecular complexity index is 899. The van der Waals surface area contributed by atoms with E-state index in [1.807, 2.05) is 32.0 Å². The Morgan fingerprint density at radius 1 is 1.15 bits per heavy atom. The van der Waals surface area contributed by atoms with Gasteiger partial charge in [0.05, 0.1) is 0 Å². The van der Waals surface area contributed by atoms with Gasteiger partial charge in [0.2, 0.25) is 5.13 Å². The van der Waals surface area contributed by atoms with Gasteiger partial charge in [0.1, 0.15) is 16.6 Å². The van der Waals surface area contributed by atoms with Crippen LogP contribution in [0.25, 0.3) is 10.6 Å². The molecule has 0 unspecified atom stereocenters. The third-order valence-electron chi connectivity index (χ3n) is 3.67. The minimum absolute atomic E-state index is 0.0917. The van der Waals surface area contributed by atoms with Gasteiger partial charge in [0.25, 0.3) is 5.91 Å². The van der Waals surface area contributed by atoms with Crippen molar-refractivity contribution in [2.24, 2.45) is 5.92 Å². The molecule has 3 rings (SSSR count). The maximum atomic E-state index is 13.5. The van der Waals surface area contributed by atoms with Crippen LogP contribution in [-0.4, -0.2) is 29.3 Å². The van der Waals surface area contributed by atoms with Crippen LogP contribution in [0.1, 0.15) is 13.8 Å². The summed E-state index contributed by atoms with van der Waals surface area (Å²) in [6.07, 6.45) is 0. The van der Waals surface area contributed by atoms with E-state index < -0.39 is 0 Å². The van der Waals surface area contributed by atoms with Crippen molar-refractivity contribution >= 4 is 22.4 Å². The zero-order valence-electron chi connectivity index (χ0n) is 15.1. The Morgan fingerprint density at radius 3 is 2.63 bits per heavy atom. The summed E-state index contributed by atoms with van der Waals surface area (Å²) in [6, 6.07) is 15.3. The monoisotopic (exact) mass is 385 g/mol. The molecule has 1 aromatic heterocycles. The molecule has 0 bridgehead atoms. The molecule has 0 aliphatic carbocycles. The van der Waals surface area contributed by atoms with E-state index in [-0.39, 0.29) is 24.2 Å². The third kappa shape index (κ3) is 5.10. The predicted octanol–water partition coefficient (Wildman–Crippen LogP) is 4.41. The number of para-hydroxylation sites is 1. The Hall–Kier alpha value is -2.80. The fraction of sp³-hybridized carbons (Fsp3) is 0.250. The molecule has 7 heteroatoms. The summed E-state index contributed by atoms with van der Waals surface area (Å²) in [6.45, 7) is 4.44. The number of benzene rings is 2. The van der Waals surface area contributed by atoms with E-state index in [0.29, 0.717) is 28.0 Å². The van der Waals surface area contributed by atoms with Crippen LogP contribution < -0.4 is 9.64 Å². The number of halogens is 1. The van der Waals surface area contributed by atoms with Gasteiger partial charge in [-0.15, -0.1) is 10.2 Å². The van der Waals surface area contributed by atoms with Gasteiger partial charge in [0, 0.05) is 12.1 Å². The summed E-state index contributed by atoms with van der Waals surface area (Å²) >= 11 is 1.26. The fourth-order valence-electron chi connectivity index (χ4n) is 2.45. The van der Waals surface area contributed by atoms with Crippen molar-refractivity contribution in [3.05, 3.63) is 60.4 Å². The number of ether oxygens (including phenoxy) is 1. The highest BCUT2D eigenvalue weighted by molar-refractivity contribution is 7.18. The standard InChI is InChI=1S/C20H20FN3O2S/c1-14(2)12-24(18(25)13-26-17-9-4-3-5-10-17)20-23-22-19(27-20)15-7-6-8-16(21)11-15/h3-11,14H,12-13H2,1-2H3. The molecule has 0 aliphatic rings. The van der Waals surface area contributed by atoms with Crippen molar-refractivity contribution in [1.29, 1.82) is 0 Å². The summed E-state index contributed by atoms with van der Waals surface area (Å²) in [5.41, 5.74) is 0.635. The Labute approximate surface area is 161 Å². The highest BCUT2D eigenvalue weighted by Gasteiger charge is 2.22. The first-order chi connectivity index (χ1) is 13.0. The molecule has 27 heavy (non-hydrogen) atoms. The van der Waals surface area contributed by atoms with E-state index in [2.05, 4.69) is 10.2 Å². The smallest absolute Gasteiger partial charge is 0.266 e. The van der Waals surface area contributed by atoms with Crippen molar-refractivity contribution < 1.29 is 13.9 Å². The van der Waals surface area contributed by atoms with E-state index in [4.69, 9.17) is 4.74 Å². The zero-order chi connectivity index (χ0) is 19.2. The first-order valence-corrected chi connectivity index (χ1v) is 9.42. The second-order valence-corrected chi connectivity index (χ2v) is 7.36. The van der Waals surface area contributed by atoms with Crippen LogP contribution in [-0.2, 0) is 4.79 Å². The summed E-state index contributed by atoms with van der Waals surface area (Å²) in [5, 5.41) is 9.31. The number of anilines is 1. The lowest BCUT2D eigenvalue weighted by molar-refractivity contribution is -0.120. The van der Waals surface area contributed by atoms with Gasteiger partial charge in [0.15, 0.2) is 6.61 Å². The molecule has 1 amide bonds. The molecule has 0 saturated heterocycles.